The molecule has 8 nitrogen and oxygen atoms in total. The lowest BCUT2D eigenvalue weighted by molar-refractivity contribution is 0.101. The second-order valence-electron chi connectivity index (χ2n) is 6.50. The van der Waals surface area contributed by atoms with Gasteiger partial charge in [-0.3, -0.25) is 9.52 Å². The SMILES string of the molecule is CC(=O)c1cccc(S(=O)(=O)Nc2ccc(-c3ccc4nnc(C)n4n3)cc2)c1. The number of hydrogen-bond acceptors (Lipinski definition) is 6. The molecule has 2 heterocycles. The van der Waals surface area contributed by atoms with E-state index in [1.165, 1.54) is 19.1 Å². The molecule has 2 aromatic heterocycles. The van der Waals surface area contributed by atoms with E-state index >= 15 is 0 Å². The fourth-order valence-corrected chi connectivity index (χ4v) is 3.96. The van der Waals surface area contributed by atoms with Crippen molar-refractivity contribution in [3.05, 3.63) is 72.1 Å². The van der Waals surface area contributed by atoms with Gasteiger partial charge in [0.25, 0.3) is 10.0 Å². The predicted octanol–water partition coefficient (Wildman–Crippen LogP) is 3.10. The van der Waals surface area contributed by atoms with Gasteiger partial charge < -0.3 is 0 Å². The Morgan fingerprint density at radius 2 is 1.76 bits per heavy atom. The molecule has 0 unspecified atom stereocenters. The van der Waals surface area contributed by atoms with E-state index in [1.54, 1.807) is 40.9 Å². The number of carbonyl (C=O) groups is 1. The number of rotatable bonds is 5. The molecule has 146 valence electrons. The number of benzene rings is 2. The summed E-state index contributed by atoms with van der Waals surface area (Å²) in [5.41, 5.74) is 2.94. The van der Waals surface area contributed by atoms with Crippen LogP contribution in [0.25, 0.3) is 16.9 Å². The lowest BCUT2D eigenvalue weighted by Gasteiger charge is -2.10. The van der Waals surface area contributed by atoms with Crippen molar-refractivity contribution in [1.82, 2.24) is 19.8 Å². The van der Waals surface area contributed by atoms with Gasteiger partial charge in [0.15, 0.2) is 17.3 Å². The van der Waals surface area contributed by atoms with E-state index in [2.05, 4.69) is 20.0 Å². The molecule has 0 saturated heterocycles. The van der Waals surface area contributed by atoms with Crippen LogP contribution in [-0.2, 0) is 10.0 Å². The maximum atomic E-state index is 12.6. The van der Waals surface area contributed by atoms with Gasteiger partial charge in [-0.2, -0.15) is 9.61 Å². The topological polar surface area (TPSA) is 106 Å². The molecule has 1 N–H and O–H groups in total. The normalized spacial score (nSPS) is 11.5. The molecule has 0 aliphatic rings. The summed E-state index contributed by atoms with van der Waals surface area (Å²) in [6.45, 7) is 3.21. The summed E-state index contributed by atoms with van der Waals surface area (Å²) >= 11 is 0. The molecular formula is C20H17N5O3S. The molecule has 0 fully saturated rings. The number of anilines is 1. The Morgan fingerprint density at radius 3 is 2.48 bits per heavy atom. The van der Waals surface area contributed by atoms with Crippen molar-refractivity contribution in [1.29, 1.82) is 0 Å². The van der Waals surface area contributed by atoms with E-state index in [0.29, 0.717) is 28.4 Å². The zero-order chi connectivity index (χ0) is 20.6. The minimum absolute atomic E-state index is 0.0319. The van der Waals surface area contributed by atoms with Crippen LogP contribution in [-0.4, -0.2) is 34.0 Å². The second kappa shape index (κ2) is 7.10. The van der Waals surface area contributed by atoms with Gasteiger partial charge in [-0.05, 0) is 50.2 Å². The first-order chi connectivity index (χ1) is 13.8. The molecule has 0 radical (unpaired) electrons. The summed E-state index contributed by atoms with van der Waals surface area (Å²) < 4.78 is 29.4. The Morgan fingerprint density at radius 1 is 1.00 bits per heavy atom. The molecule has 0 aliphatic carbocycles. The van der Waals surface area contributed by atoms with Gasteiger partial charge in [0.2, 0.25) is 0 Å². The van der Waals surface area contributed by atoms with Gasteiger partial charge in [0, 0.05) is 16.8 Å². The summed E-state index contributed by atoms with van der Waals surface area (Å²) in [5, 5.41) is 12.5. The molecule has 9 heteroatoms. The lowest BCUT2D eigenvalue weighted by atomic mass is 10.1. The Kier molecular flexibility index (Phi) is 4.59. The van der Waals surface area contributed by atoms with Crippen LogP contribution in [0.15, 0.2) is 65.6 Å². The average Bonchev–Trinajstić information content (AvgIpc) is 3.09. The number of fused-ring (bicyclic) bond motifs is 1. The van der Waals surface area contributed by atoms with Crippen molar-refractivity contribution < 1.29 is 13.2 Å². The fraction of sp³-hybridized carbons (Fsp3) is 0.100. The third-order valence-corrected chi connectivity index (χ3v) is 5.78. The van der Waals surface area contributed by atoms with Crippen LogP contribution in [0.3, 0.4) is 0 Å². The Bertz CT molecular complexity index is 1330. The van der Waals surface area contributed by atoms with Crippen molar-refractivity contribution in [2.45, 2.75) is 18.7 Å². The highest BCUT2D eigenvalue weighted by molar-refractivity contribution is 7.92. The molecule has 0 bridgehead atoms. The maximum Gasteiger partial charge on any atom is 0.261 e. The average molecular weight is 407 g/mol. The van der Waals surface area contributed by atoms with Crippen molar-refractivity contribution in [3.63, 3.8) is 0 Å². The number of ketones is 1. The molecule has 0 spiro atoms. The molecule has 0 saturated carbocycles. The van der Waals surface area contributed by atoms with Crippen molar-refractivity contribution in [2.24, 2.45) is 0 Å². The molecular weight excluding hydrogens is 390 g/mol. The monoisotopic (exact) mass is 407 g/mol. The van der Waals surface area contributed by atoms with Gasteiger partial charge >= 0.3 is 0 Å². The van der Waals surface area contributed by atoms with Crippen molar-refractivity contribution >= 4 is 27.1 Å². The summed E-state index contributed by atoms with van der Waals surface area (Å²) in [4.78, 5) is 11.5. The predicted molar refractivity (Wildman–Crippen MR) is 108 cm³/mol. The van der Waals surface area contributed by atoms with E-state index in [9.17, 15) is 13.2 Å². The lowest BCUT2D eigenvalue weighted by Crippen LogP contribution is -2.13. The van der Waals surface area contributed by atoms with Crippen LogP contribution in [0.2, 0.25) is 0 Å². The van der Waals surface area contributed by atoms with E-state index in [4.69, 9.17) is 0 Å². The van der Waals surface area contributed by atoms with E-state index in [0.717, 1.165) is 5.56 Å². The molecule has 0 aliphatic heterocycles. The first kappa shape index (κ1) is 18.8. The van der Waals surface area contributed by atoms with Crippen LogP contribution < -0.4 is 4.72 Å². The third kappa shape index (κ3) is 3.72. The van der Waals surface area contributed by atoms with Crippen LogP contribution in [0.5, 0.6) is 0 Å². The van der Waals surface area contributed by atoms with Crippen molar-refractivity contribution in [3.8, 4) is 11.3 Å². The number of Topliss-reactive ketones (excluding diaryl/α,β-unsaturated/α-hetero) is 1. The Labute approximate surface area is 167 Å². The summed E-state index contributed by atoms with van der Waals surface area (Å²) in [6.07, 6.45) is 0. The van der Waals surface area contributed by atoms with Gasteiger partial charge in [-0.25, -0.2) is 8.42 Å². The number of carbonyl (C=O) groups excluding carboxylic acids is 1. The Balaban J connectivity index is 1.59. The molecule has 4 aromatic rings. The quantitative estimate of drug-likeness (QED) is 0.510. The number of aromatic nitrogens is 4. The highest BCUT2D eigenvalue weighted by Crippen LogP contribution is 2.22. The largest absolute Gasteiger partial charge is 0.295 e. The second-order valence-corrected chi connectivity index (χ2v) is 8.19. The van der Waals surface area contributed by atoms with E-state index in [-0.39, 0.29) is 10.7 Å². The first-order valence-corrected chi connectivity index (χ1v) is 10.3. The van der Waals surface area contributed by atoms with E-state index < -0.39 is 10.0 Å². The number of hydrogen-bond donors (Lipinski definition) is 1. The number of sulfonamides is 1. The number of nitrogens with one attached hydrogen (secondary N) is 1. The standard InChI is InChI=1S/C20H17N5O3S/c1-13(26)16-4-3-5-18(12-16)29(27,28)24-17-8-6-15(7-9-17)19-10-11-20-22-21-14(2)25(20)23-19/h3-12,24H,1-2H3. The van der Waals surface area contributed by atoms with Gasteiger partial charge in [-0.15, -0.1) is 10.2 Å². The van der Waals surface area contributed by atoms with Gasteiger partial charge in [0.1, 0.15) is 0 Å². The minimum Gasteiger partial charge on any atom is -0.295 e. The van der Waals surface area contributed by atoms with Gasteiger partial charge in [0.05, 0.1) is 10.6 Å². The maximum absolute atomic E-state index is 12.6. The number of aryl methyl sites for hydroxylation is 1. The van der Waals surface area contributed by atoms with Crippen LogP contribution in [0, 0.1) is 6.92 Å². The Hall–Kier alpha value is -3.59. The van der Waals surface area contributed by atoms with E-state index in [1.807, 2.05) is 19.1 Å². The number of nitrogens with zero attached hydrogens (tertiary/aromatic N) is 4. The highest BCUT2D eigenvalue weighted by Gasteiger charge is 2.16. The van der Waals surface area contributed by atoms with Gasteiger partial charge in [-0.1, -0.05) is 24.3 Å². The molecule has 29 heavy (non-hydrogen) atoms. The highest BCUT2D eigenvalue weighted by atomic mass is 32.2. The molecule has 0 amide bonds. The third-order valence-electron chi connectivity index (χ3n) is 4.40. The summed E-state index contributed by atoms with van der Waals surface area (Å²) in [6, 6.07) is 16.5. The summed E-state index contributed by atoms with van der Waals surface area (Å²) in [5.74, 6) is 0.484. The molecule has 0 atom stereocenters. The van der Waals surface area contributed by atoms with Crippen LogP contribution >= 0.6 is 0 Å². The van der Waals surface area contributed by atoms with Crippen LogP contribution in [0.1, 0.15) is 23.1 Å². The minimum atomic E-state index is -3.81. The van der Waals surface area contributed by atoms with Crippen LogP contribution in [0.4, 0.5) is 5.69 Å². The zero-order valence-electron chi connectivity index (χ0n) is 15.7. The fourth-order valence-electron chi connectivity index (χ4n) is 2.86. The summed E-state index contributed by atoms with van der Waals surface area (Å²) in [7, 11) is -3.81. The first-order valence-electron chi connectivity index (χ1n) is 8.77. The zero-order valence-corrected chi connectivity index (χ0v) is 16.5. The molecule has 2 aromatic carbocycles. The molecule has 4 rings (SSSR count). The smallest absolute Gasteiger partial charge is 0.261 e. The van der Waals surface area contributed by atoms with Crippen molar-refractivity contribution in [2.75, 3.05) is 4.72 Å².